The maximum absolute atomic E-state index is 13.2. The lowest BCUT2D eigenvalue weighted by Crippen LogP contribution is -2.42. The van der Waals surface area contributed by atoms with E-state index in [1.54, 1.807) is 38.4 Å². The molecule has 1 saturated heterocycles. The van der Waals surface area contributed by atoms with Gasteiger partial charge in [0.05, 0.1) is 0 Å². The molecule has 156 valence electrons. The number of benzene rings is 2. The van der Waals surface area contributed by atoms with Crippen LogP contribution in [0.3, 0.4) is 0 Å². The maximum Gasteiger partial charge on any atom is 0.325 e. The number of halogens is 1. The molecular formula is C21H21FN4O4. The third kappa shape index (κ3) is 4.00. The number of nitrogens with zero attached hydrogens (tertiary/aromatic N) is 2. The molecule has 1 aliphatic rings. The lowest BCUT2D eigenvalue weighted by atomic mass is 9.92. The van der Waals surface area contributed by atoms with Crippen LogP contribution in [0.4, 0.5) is 14.9 Å². The average molecular weight is 412 g/mol. The van der Waals surface area contributed by atoms with Gasteiger partial charge < -0.3 is 15.5 Å². The molecule has 0 aliphatic carbocycles. The largest absolute Gasteiger partial charge is 0.345 e. The van der Waals surface area contributed by atoms with Gasteiger partial charge in [0.2, 0.25) is 5.91 Å². The number of hydrogen-bond donors (Lipinski definition) is 2. The van der Waals surface area contributed by atoms with Crippen molar-refractivity contribution < 1.29 is 23.6 Å². The summed E-state index contributed by atoms with van der Waals surface area (Å²) >= 11 is 0. The fourth-order valence-corrected chi connectivity index (χ4v) is 3.12. The molecule has 5 amide bonds. The monoisotopic (exact) mass is 412 g/mol. The second-order valence-corrected chi connectivity index (χ2v) is 7.28. The van der Waals surface area contributed by atoms with Gasteiger partial charge in [-0.2, -0.15) is 0 Å². The summed E-state index contributed by atoms with van der Waals surface area (Å²) in [5, 5.41) is 5.15. The molecule has 0 spiro atoms. The predicted molar refractivity (Wildman–Crippen MR) is 107 cm³/mol. The Balaban J connectivity index is 1.68. The summed E-state index contributed by atoms with van der Waals surface area (Å²) in [5.74, 6) is -1.82. The van der Waals surface area contributed by atoms with Gasteiger partial charge in [-0.1, -0.05) is 12.1 Å². The molecule has 0 radical (unpaired) electrons. The van der Waals surface area contributed by atoms with Crippen molar-refractivity contribution >= 4 is 29.4 Å². The zero-order chi connectivity index (χ0) is 22.1. The van der Waals surface area contributed by atoms with Crippen molar-refractivity contribution in [3.8, 4) is 0 Å². The summed E-state index contributed by atoms with van der Waals surface area (Å²) < 4.78 is 13.2. The van der Waals surface area contributed by atoms with Crippen molar-refractivity contribution in [2.45, 2.75) is 12.5 Å². The van der Waals surface area contributed by atoms with Gasteiger partial charge in [-0.25, -0.2) is 9.18 Å². The number of rotatable bonds is 5. The molecule has 8 nitrogen and oxygen atoms in total. The van der Waals surface area contributed by atoms with E-state index in [1.807, 2.05) is 0 Å². The van der Waals surface area contributed by atoms with Crippen molar-refractivity contribution in [3.05, 3.63) is 65.5 Å². The first-order chi connectivity index (χ1) is 14.1. The average Bonchev–Trinajstić information content (AvgIpc) is 2.92. The van der Waals surface area contributed by atoms with Gasteiger partial charge in [-0.05, 0) is 48.9 Å². The zero-order valence-corrected chi connectivity index (χ0v) is 16.7. The Morgan fingerprint density at radius 3 is 2.23 bits per heavy atom. The first-order valence-corrected chi connectivity index (χ1v) is 9.13. The normalized spacial score (nSPS) is 18.2. The van der Waals surface area contributed by atoms with Crippen LogP contribution in [0.1, 0.15) is 22.8 Å². The molecule has 2 aromatic rings. The molecule has 2 N–H and O–H groups in total. The molecule has 1 aliphatic heterocycles. The molecule has 0 bridgehead atoms. The Morgan fingerprint density at radius 2 is 1.67 bits per heavy atom. The molecule has 30 heavy (non-hydrogen) atoms. The van der Waals surface area contributed by atoms with Gasteiger partial charge in [0.25, 0.3) is 11.8 Å². The maximum atomic E-state index is 13.2. The second kappa shape index (κ2) is 7.94. The summed E-state index contributed by atoms with van der Waals surface area (Å²) in [6.45, 7) is 1.01. The molecule has 1 heterocycles. The zero-order valence-electron chi connectivity index (χ0n) is 16.7. The SMILES string of the molecule is CN(C)C(=O)c1ccc(NC(=O)CN2C(=O)NC(C)(c3ccc(F)cc3)C2=O)cc1. The predicted octanol–water partition coefficient (Wildman–Crippen LogP) is 1.93. The topological polar surface area (TPSA) is 98.8 Å². The van der Waals surface area contributed by atoms with Crippen LogP contribution in [-0.4, -0.2) is 54.2 Å². The Labute approximate surface area is 172 Å². The highest BCUT2D eigenvalue weighted by Gasteiger charge is 2.49. The number of hydrogen-bond acceptors (Lipinski definition) is 4. The molecule has 0 saturated carbocycles. The minimum Gasteiger partial charge on any atom is -0.345 e. The third-order valence-electron chi connectivity index (χ3n) is 4.82. The van der Waals surface area contributed by atoms with Crippen LogP contribution in [-0.2, 0) is 15.1 Å². The summed E-state index contributed by atoms with van der Waals surface area (Å²) in [7, 11) is 3.27. The van der Waals surface area contributed by atoms with Crippen LogP contribution in [0.2, 0.25) is 0 Å². The van der Waals surface area contributed by atoms with Gasteiger partial charge in [0.1, 0.15) is 17.9 Å². The summed E-state index contributed by atoms with van der Waals surface area (Å²) in [6.07, 6.45) is 0. The summed E-state index contributed by atoms with van der Waals surface area (Å²) in [4.78, 5) is 51.6. The fourth-order valence-electron chi connectivity index (χ4n) is 3.12. The fraction of sp³-hybridized carbons (Fsp3) is 0.238. The van der Waals surface area contributed by atoms with Crippen molar-refractivity contribution in [3.63, 3.8) is 0 Å². The number of urea groups is 1. The number of imide groups is 1. The van der Waals surface area contributed by atoms with Crippen LogP contribution < -0.4 is 10.6 Å². The Morgan fingerprint density at radius 1 is 1.07 bits per heavy atom. The number of nitrogens with one attached hydrogen (secondary N) is 2. The van der Waals surface area contributed by atoms with E-state index in [2.05, 4.69) is 10.6 Å². The first-order valence-electron chi connectivity index (χ1n) is 9.13. The van der Waals surface area contributed by atoms with E-state index in [1.165, 1.54) is 36.1 Å². The van der Waals surface area contributed by atoms with Gasteiger partial charge in [0, 0.05) is 25.3 Å². The highest BCUT2D eigenvalue weighted by atomic mass is 19.1. The van der Waals surface area contributed by atoms with E-state index in [9.17, 15) is 23.6 Å². The van der Waals surface area contributed by atoms with Gasteiger partial charge >= 0.3 is 6.03 Å². The summed E-state index contributed by atoms with van der Waals surface area (Å²) in [6, 6.07) is 10.7. The van der Waals surface area contributed by atoms with E-state index in [-0.39, 0.29) is 5.91 Å². The molecule has 0 aromatic heterocycles. The van der Waals surface area contributed by atoms with Gasteiger partial charge in [-0.3, -0.25) is 19.3 Å². The van der Waals surface area contributed by atoms with Crippen LogP contribution >= 0.6 is 0 Å². The van der Waals surface area contributed by atoms with Crippen molar-refractivity contribution in [2.24, 2.45) is 0 Å². The molecule has 1 unspecified atom stereocenters. The van der Waals surface area contributed by atoms with E-state index in [4.69, 9.17) is 0 Å². The van der Waals surface area contributed by atoms with Crippen molar-refractivity contribution in [1.29, 1.82) is 0 Å². The standard InChI is InChI=1S/C21H21FN4O4/c1-21(14-6-8-15(22)9-7-14)19(29)26(20(30)24-21)12-17(27)23-16-10-4-13(5-11-16)18(28)25(2)3/h4-11H,12H2,1-3H3,(H,23,27)(H,24,30). The van der Waals surface area contributed by atoms with E-state index in [0.29, 0.717) is 16.8 Å². The number of carbonyl (C=O) groups is 4. The summed E-state index contributed by atoms with van der Waals surface area (Å²) in [5.41, 5.74) is -0.101. The van der Waals surface area contributed by atoms with E-state index < -0.39 is 35.7 Å². The van der Waals surface area contributed by atoms with Crippen LogP contribution in [0.25, 0.3) is 0 Å². The molecule has 1 fully saturated rings. The van der Waals surface area contributed by atoms with Crippen LogP contribution in [0.5, 0.6) is 0 Å². The molecule has 3 rings (SSSR count). The number of anilines is 1. The smallest absolute Gasteiger partial charge is 0.325 e. The molecular weight excluding hydrogens is 391 g/mol. The minimum absolute atomic E-state index is 0.174. The lowest BCUT2D eigenvalue weighted by molar-refractivity contribution is -0.133. The van der Waals surface area contributed by atoms with Crippen molar-refractivity contribution in [1.82, 2.24) is 15.1 Å². The molecule has 9 heteroatoms. The first kappa shape index (κ1) is 21.0. The number of amides is 5. The second-order valence-electron chi connectivity index (χ2n) is 7.28. The van der Waals surface area contributed by atoms with E-state index in [0.717, 1.165) is 4.90 Å². The highest BCUT2D eigenvalue weighted by Crippen LogP contribution is 2.28. The quantitative estimate of drug-likeness (QED) is 0.733. The van der Waals surface area contributed by atoms with Crippen LogP contribution in [0, 0.1) is 5.82 Å². The Bertz CT molecular complexity index is 1000. The van der Waals surface area contributed by atoms with E-state index >= 15 is 0 Å². The molecule has 1 atom stereocenters. The Hall–Kier alpha value is -3.75. The van der Waals surface area contributed by atoms with Gasteiger partial charge in [-0.15, -0.1) is 0 Å². The Kier molecular flexibility index (Phi) is 5.55. The third-order valence-corrected chi connectivity index (χ3v) is 4.82. The lowest BCUT2D eigenvalue weighted by Gasteiger charge is -2.22. The molecule has 2 aromatic carbocycles. The van der Waals surface area contributed by atoms with Crippen LogP contribution in [0.15, 0.2) is 48.5 Å². The van der Waals surface area contributed by atoms with Gasteiger partial charge in [0.15, 0.2) is 0 Å². The minimum atomic E-state index is -1.39. The number of carbonyl (C=O) groups excluding carboxylic acids is 4. The van der Waals surface area contributed by atoms with Crippen molar-refractivity contribution in [2.75, 3.05) is 26.0 Å². The highest BCUT2D eigenvalue weighted by molar-refractivity contribution is 6.10.